The van der Waals surface area contributed by atoms with E-state index in [-0.39, 0.29) is 17.3 Å². The number of nitrogen functional groups attached to an aromatic ring is 1. The molecule has 7 heteroatoms. The van der Waals surface area contributed by atoms with Gasteiger partial charge >= 0.3 is 11.9 Å². The number of ether oxygens (including phenoxy) is 2. The van der Waals surface area contributed by atoms with Crippen molar-refractivity contribution in [3.63, 3.8) is 0 Å². The number of nitrogens with zero attached hydrogens (tertiary/aromatic N) is 2. The van der Waals surface area contributed by atoms with E-state index in [1.54, 1.807) is 24.3 Å². The first kappa shape index (κ1) is 16.2. The molecule has 0 aliphatic heterocycles. The topological polar surface area (TPSA) is 104 Å². The molecule has 0 spiro atoms. The van der Waals surface area contributed by atoms with Crippen LogP contribution in [0.3, 0.4) is 0 Å². The molecule has 118 valence electrons. The second-order valence-electron chi connectivity index (χ2n) is 4.46. The number of anilines is 1. The van der Waals surface area contributed by atoms with Gasteiger partial charge in [-0.3, -0.25) is 0 Å². The van der Waals surface area contributed by atoms with E-state index >= 15 is 0 Å². The summed E-state index contributed by atoms with van der Waals surface area (Å²) in [6.07, 6.45) is 1.39. The average molecular weight is 313 g/mol. The number of hydrogen-bond acceptors (Lipinski definition) is 7. The van der Waals surface area contributed by atoms with E-state index in [2.05, 4.69) is 21.3 Å². The number of aromatic nitrogens is 2. The zero-order valence-electron chi connectivity index (χ0n) is 12.7. The zero-order valence-corrected chi connectivity index (χ0v) is 12.7. The van der Waals surface area contributed by atoms with Gasteiger partial charge in [0.15, 0.2) is 11.5 Å². The smallest absolute Gasteiger partial charge is 0.357 e. The quantitative estimate of drug-likeness (QED) is 0.860. The van der Waals surface area contributed by atoms with Crippen LogP contribution in [0.5, 0.6) is 0 Å². The van der Waals surface area contributed by atoms with Gasteiger partial charge in [0.1, 0.15) is 5.82 Å². The van der Waals surface area contributed by atoms with Crippen molar-refractivity contribution >= 4 is 23.8 Å². The van der Waals surface area contributed by atoms with Crippen molar-refractivity contribution < 1.29 is 19.1 Å². The highest BCUT2D eigenvalue weighted by atomic mass is 16.5. The summed E-state index contributed by atoms with van der Waals surface area (Å²) < 4.78 is 9.33. The first-order valence-electron chi connectivity index (χ1n) is 6.58. The van der Waals surface area contributed by atoms with Gasteiger partial charge in [-0.1, -0.05) is 24.8 Å². The molecule has 0 saturated carbocycles. The molecule has 23 heavy (non-hydrogen) atoms. The van der Waals surface area contributed by atoms with Crippen LogP contribution >= 0.6 is 0 Å². The van der Waals surface area contributed by atoms with Gasteiger partial charge in [-0.05, 0) is 12.1 Å². The van der Waals surface area contributed by atoms with Crippen LogP contribution in [0, 0.1) is 0 Å². The molecule has 2 aromatic rings. The van der Waals surface area contributed by atoms with Gasteiger partial charge < -0.3 is 15.2 Å². The Labute approximate surface area is 132 Å². The maximum absolute atomic E-state index is 11.8. The SMILES string of the molecule is C=Cc1c(N)nc(-c2ccc(C(=O)OC)cc2)nc1C(=O)OC. The third-order valence-corrected chi connectivity index (χ3v) is 3.12. The van der Waals surface area contributed by atoms with Crippen molar-refractivity contribution in [3.8, 4) is 11.4 Å². The lowest BCUT2D eigenvalue weighted by molar-refractivity contribution is 0.0588. The fourth-order valence-electron chi connectivity index (χ4n) is 1.94. The van der Waals surface area contributed by atoms with Crippen LogP contribution in [-0.4, -0.2) is 36.1 Å². The highest BCUT2D eigenvalue weighted by Gasteiger charge is 2.18. The minimum absolute atomic E-state index is 0.0297. The van der Waals surface area contributed by atoms with E-state index < -0.39 is 11.9 Å². The molecule has 0 unspecified atom stereocenters. The fourth-order valence-corrected chi connectivity index (χ4v) is 1.94. The molecule has 7 nitrogen and oxygen atoms in total. The lowest BCUT2D eigenvalue weighted by Gasteiger charge is -2.09. The summed E-state index contributed by atoms with van der Waals surface area (Å²) in [5.74, 6) is -0.733. The molecule has 0 saturated heterocycles. The number of nitrogens with two attached hydrogens (primary N) is 1. The third-order valence-electron chi connectivity index (χ3n) is 3.12. The first-order chi connectivity index (χ1) is 11.0. The molecule has 0 radical (unpaired) electrons. The van der Waals surface area contributed by atoms with Gasteiger partial charge in [0.25, 0.3) is 0 Å². The molecule has 2 rings (SSSR count). The number of carbonyl (C=O) groups is 2. The maximum Gasteiger partial charge on any atom is 0.357 e. The normalized spacial score (nSPS) is 10.0. The molecule has 0 aliphatic rings. The van der Waals surface area contributed by atoms with Crippen LogP contribution < -0.4 is 5.73 Å². The van der Waals surface area contributed by atoms with Crippen molar-refractivity contribution in [3.05, 3.63) is 47.7 Å². The molecule has 0 amide bonds. The predicted molar refractivity (Wildman–Crippen MR) is 84.7 cm³/mol. The summed E-state index contributed by atoms with van der Waals surface area (Å²) in [6, 6.07) is 6.41. The second-order valence-corrected chi connectivity index (χ2v) is 4.46. The lowest BCUT2D eigenvalue weighted by atomic mass is 10.1. The summed E-state index contributed by atoms with van der Waals surface area (Å²) in [5, 5.41) is 0. The molecule has 0 bridgehead atoms. The standard InChI is InChI=1S/C16H15N3O4/c1-4-11-12(16(21)23-3)18-14(19-13(11)17)9-5-7-10(8-6-9)15(20)22-2/h4-8H,1H2,2-3H3,(H2,17,18,19). The molecule has 0 fully saturated rings. The Hall–Kier alpha value is -3.22. The van der Waals surface area contributed by atoms with Crippen LogP contribution in [0.2, 0.25) is 0 Å². The molecule has 2 N–H and O–H groups in total. The zero-order chi connectivity index (χ0) is 17.0. The fraction of sp³-hybridized carbons (Fsp3) is 0.125. The van der Waals surface area contributed by atoms with Crippen molar-refractivity contribution in [1.82, 2.24) is 9.97 Å². The Balaban J connectivity index is 2.51. The summed E-state index contributed by atoms with van der Waals surface area (Å²) >= 11 is 0. The van der Waals surface area contributed by atoms with Crippen molar-refractivity contribution in [2.24, 2.45) is 0 Å². The van der Waals surface area contributed by atoms with E-state index in [1.807, 2.05) is 0 Å². The molecule has 0 aliphatic carbocycles. The molecule has 1 heterocycles. The van der Waals surface area contributed by atoms with E-state index in [1.165, 1.54) is 20.3 Å². The predicted octanol–water partition coefficient (Wildman–Crippen LogP) is 1.94. The monoisotopic (exact) mass is 313 g/mol. The number of benzene rings is 1. The maximum atomic E-state index is 11.8. The Bertz CT molecular complexity index is 770. The van der Waals surface area contributed by atoms with Crippen molar-refractivity contribution in [1.29, 1.82) is 0 Å². The molecular formula is C16H15N3O4. The Morgan fingerprint density at radius 1 is 1.09 bits per heavy atom. The highest BCUT2D eigenvalue weighted by Crippen LogP contribution is 2.22. The van der Waals surface area contributed by atoms with Gasteiger partial charge in [-0.2, -0.15) is 0 Å². The average Bonchev–Trinajstić information content (AvgIpc) is 2.59. The van der Waals surface area contributed by atoms with Crippen molar-refractivity contribution in [2.45, 2.75) is 0 Å². The second kappa shape index (κ2) is 6.69. The number of esters is 2. The highest BCUT2D eigenvalue weighted by molar-refractivity contribution is 5.94. The van der Waals surface area contributed by atoms with Gasteiger partial charge in [0, 0.05) is 11.1 Å². The summed E-state index contributed by atoms with van der Waals surface area (Å²) in [4.78, 5) is 31.6. The summed E-state index contributed by atoms with van der Waals surface area (Å²) in [6.45, 7) is 3.59. The molecule has 1 aromatic carbocycles. The Kier molecular flexibility index (Phi) is 4.70. The minimum Gasteiger partial charge on any atom is -0.465 e. The molecular weight excluding hydrogens is 298 g/mol. The minimum atomic E-state index is -0.638. The van der Waals surface area contributed by atoms with Crippen LogP contribution in [-0.2, 0) is 9.47 Å². The van der Waals surface area contributed by atoms with E-state index in [0.717, 1.165) is 0 Å². The van der Waals surface area contributed by atoms with Crippen molar-refractivity contribution in [2.75, 3.05) is 20.0 Å². The van der Waals surface area contributed by atoms with Gasteiger partial charge in [-0.25, -0.2) is 19.6 Å². The van der Waals surface area contributed by atoms with E-state index in [0.29, 0.717) is 16.7 Å². The Morgan fingerprint density at radius 2 is 1.70 bits per heavy atom. The van der Waals surface area contributed by atoms with Crippen LogP contribution in [0.1, 0.15) is 26.4 Å². The van der Waals surface area contributed by atoms with E-state index in [9.17, 15) is 9.59 Å². The number of hydrogen-bond donors (Lipinski definition) is 1. The molecule has 0 atom stereocenters. The van der Waals surface area contributed by atoms with Gasteiger partial charge in [-0.15, -0.1) is 0 Å². The van der Waals surface area contributed by atoms with Gasteiger partial charge in [0.05, 0.1) is 19.8 Å². The number of methoxy groups -OCH3 is 2. The molecule has 1 aromatic heterocycles. The summed E-state index contributed by atoms with van der Waals surface area (Å²) in [7, 11) is 2.55. The lowest BCUT2D eigenvalue weighted by Crippen LogP contribution is -2.12. The van der Waals surface area contributed by atoms with Crippen LogP contribution in [0.15, 0.2) is 30.8 Å². The summed E-state index contributed by atoms with van der Waals surface area (Å²) in [5.41, 5.74) is 7.18. The number of carbonyl (C=O) groups excluding carboxylic acids is 2. The van der Waals surface area contributed by atoms with Crippen LogP contribution in [0.4, 0.5) is 5.82 Å². The van der Waals surface area contributed by atoms with E-state index in [4.69, 9.17) is 10.5 Å². The third kappa shape index (κ3) is 3.18. The Morgan fingerprint density at radius 3 is 2.22 bits per heavy atom. The van der Waals surface area contributed by atoms with Crippen LogP contribution in [0.25, 0.3) is 17.5 Å². The van der Waals surface area contributed by atoms with Gasteiger partial charge in [0.2, 0.25) is 0 Å². The largest absolute Gasteiger partial charge is 0.465 e. The number of rotatable bonds is 4. The first-order valence-corrected chi connectivity index (χ1v) is 6.58.